The largest absolute Gasteiger partial charge is 0.321 e. The fourth-order valence-corrected chi connectivity index (χ4v) is 2.05. The van der Waals surface area contributed by atoms with Crippen LogP contribution < -0.4 is 5.32 Å². The standard InChI is InChI=1S/C12H7ClFIN2O/c13-8-6-16-5-4-7(8)12(18)17-10-3-1-2-9(14)11(10)15/h1-6H,(H,17,18). The summed E-state index contributed by atoms with van der Waals surface area (Å²) in [6.45, 7) is 0. The molecule has 1 amide bonds. The van der Waals surface area contributed by atoms with E-state index in [1.54, 1.807) is 6.07 Å². The molecular formula is C12H7ClFIN2O. The number of rotatable bonds is 2. The molecule has 2 aromatic rings. The summed E-state index contributed by atoms with van der Waals surface area (Å²) in [5, 5.41) is 2.86. The Bertz CT molecular complexity index is 606. The van der Waals surface area contributed by atoms with Crippen molar-refractivity contribution in [1.29, 1.82) is 0 Å². The molecule has 1 aromatic heterocycles. The molecule has 0 aliphatic carbocycles. The number of hydrogen-bond acceptors (Lipinski definition) is 2. The first-order chi connectivity index (χ1) is 8.59. The maximum atomic E-state index is 13.3. The summed E-state index contributed by atoms with van der Waals surface area (Å²) >= 11 is 7.69. The number of carbonyl (C=O) groups is 1. The molecule has 0 fully saturated rings. The Labute approximate surface area is 122 Å². The second-order valence-electron chi connectivity index (χ2n) is 3.41. The molecule has 1 aromatic carbocycles. The first-order valence-electron chi connectivity index (χ1n) is 4.94. The molecule has 1 N–H and O–H groups in total. The van der Waals surface area contributed by atoms with Gasteiger partial charge in [0.2, 0.25) is 0 Å². The van der Waals surface area contributed by atoms with Gasteiger partial charge in [-0.25, -0.2) is 4.39 Å². The zero-order valence-corrected chi connectivity index (χ0v) is 11.9. The van der Waals surface area contributed by atoms with Crippen LogP contribution in [-0.2, 0) is 0 Å². The Morgan fingerprint density at radius 3 is 2.89 bits per heavy atom. The number of pyridine rings is 1. The third-order valence-corrected chi connectivity index (χ3v) is 3.61. The summed E-state index contributed by atoms with van der Waals surface area (Å²) in [4.78, 5) is 15.7. The van der Waals surface area contributed by atoms with E-state index in [0.29, 0.717) is 14.8 Å². The number of halogens is 3. The molecule has 6 heteroatoms. The number of benzene rings is 1. The summed E-state index contributed by atoms with van der Waals surface area (Å²) in [5.74, 6) is -0.778. The molecule has 0 aliphatic rings. The van der Waals surface area contributed by atoms with Crippen molar-refractivity contribution in [3.63, 3.8) is 0 Å². The summed E-state index contributed by atoms with van der Waals surface area (Å²) in [6, 6.07) is 5.99. The van der Waals surface area contributed by atoms with Crippen LogP contribution in [0.2, 0.25) is 5.02 Å². The van der Waals surface area contributed by atoms with Crippen LogP contribution in [0.5, 0.6) is 0 Å². The van der Waals surface area contributed by atoms with E-state index in [0.717, 1.165) is 0 Å². The van der Waals surface area contributed by atoms with E-state index >= 15 is 0 Å². The van der Waals surface area contributed by atoms with E-state index in [1.807, 2.05) is 22.6 Å². The second-order valence-corrected chi connectivity index (χ2v) is 4.90. The summed E-state index contributed by atoms with van der Waals surface area (Å²) in [5.41, 5.74) is 0.709. The van der Waals surface area contributed by atoms with E-state index in [-0.39, 0.29) is 10.8 Å². The number of carbonyl (C=O) groups excluding carboxylic acids is 1. The lowest BCUT2D eigenvalue weighted by Gasteiger charge is -2.08. The lowest BCUT2D eigenvalue weighted by Crippen LogP contribution is -2.13. The number of aromatic nitrogens is 1. The number of nitrogens with one attached hydrogen (secondary N) is 1. The Balaban J connectivity index is 2.27. The van der Waals surface area contributed by atoms with Gasteiger partial charge in [0.05, 0.1) is 19.8 Å². The van der Waals surface area contributed by atoms with Crippen molar-refractivity contribution >= 4 is 45.8 Å². The minimum absolute atomic E-state index is 0.251. The van der Waals surface area contributed by atoms with Crippen LogP contribution >= 0.6 is 34.2 Å². The van der Waals surface area contributed by atoms with Gasteiger partial charge in [-0.05, 0) is 40.8 Å². The van der Waals surface area contributed by atoms with Gasteiger partial charge in [-0.2, -0.15) is 0 Å². The molecule has 92 valence electrons. The summed E-state index contributed by atoms with van der Waals surface area (Å²) in [7, 11) is 0. The molecule has 0 spiro atoms. The Hall–Kier alpha value is -1.21. The number of hydrogen-bond donors (Lipinski definition) is 1. The Kier molecular flexibility index (Phi) is 4.13. The van der Waals surface area contributed by atoms with E-state index in [2.05, 4.69) is 10.3 Å². The average molecular weight is 377 g/mol. The van der Waals surface area contributed by atoms with E-state index < -0.39 is 5.91 Å². The maximum Gasteiger partial charge on any atom is 0.257 e. The molecule has 0 atom stereocenters. The van der Waals surface area contributed by atoms with Gasteiger partial charge in [0.15, 0.2) is 0 Å². The third-order valence-electron chi connectivity index (χ3n) is 2.22. The molecular weight excluding hydrogens is 370 g/mol. The van der Waals surface area contributed by atoms with Gasteiger partial charge >= 0.3 is 0 Å². The summed E-state index contributed by atoms with van der Waals surface area (Å²) in [6.07, 6.45) is 2.85. The SMILES string of the molecule is O=C(Nc1cccc(F)c1I)c1ccncc1Cl. The minimum Gasteiger partial charge on any atom is -0.321 e. The predicted octanol–water partition coefficient (Wildman–Crippen LogP) is 3.73. The fraction of sp³-hybridized carbons (Fsp3) is 0. The zero-order chi connectivity index (χ0) is 13.1. The quantitative estimate of drug-likeness (QED) is 0.812. The molecule has 18 heavy (non-hydrogen) atoms. The second kappa shape index (κ2) is 5.62. The monoisotopic (exact) mass is 376 g/mol. The lowest BCUT2D eigenvalue weighted by molar-refractivity contribution is 0.102. The van der Waals surface area contributed by atoms with Gasteiger partial charge in [0, 0.05) is 12.4 Å². The van der Waals surface area contributed by atoms with E-state index in [9.17, 15) is 9.18 Å². The van der Waals surface area contributed by atoms with Crippen molar-refractivity contribution < 1.29 is 9.18 Å². The van der Waals surface area contributed by atoms with Gasteiger partial charge in [-0.1, -0.05) is 17.7 Å². The van der Waals surface area contributed by atoms with Crippen LogP contribution in [0.15, 0.2) is 36.7 Å². The van der Waals surface area contributed by atoms with Crippen molar-refractivity contribution in [3.05, 3.63) is 56.6 Å². The van der Waals surface area contributed by atoms with E-state index in [4.69, 9.17) is 11.6 Å². The summed E-state index contributed by atoms with van der Waals surface area (Å²) < 4.78 is 13.7. The topological polar surface area (TPSA) is 42.0 Å². The zero-order valence-electron chi connectivity index (χ0n) is 8.95. The predicted molar refractivity (Wildman–Crippen MR) is 76.3 cm³/mol. The van der Waals surface area contributed by atoms with Crippen LogP contribution in [0, 0.1) is 9.39 Å². The van der Waals surface area contributed by atoms with Crippen LogP contribution in [-0.4, -0.2) is 10.9 Å². The molecule has 0 saturated heterocycles. The first kappa shape index (κ1) is 13.2. The van der Waals surface area contributed by atoms with Crippen molar-refractivity contribution in [2.75, 3.05) is 5.32 Å². The molecule has 1 heterocycles. The molecule has 3 nitrogen and oxygen atoms in total. The highest BCUT2D eigenvalue weighted by molar-refractivity contribution is 14.1. The van der Waals surface area contributed by atoms with Crippen LogP contribution in [0.25, 0.3) is 0 Å². The van der Waals surface area contributed by atoms with Gasteiger partial charge < -0.3 is 5.32 Å². The molecule has 0 unspecified atom stereocenters. The third kappa shape index (κ3) is 2.78. The lowest BCUT2D eigenvalue weighted by atomic mass is 10.2. The highest BCUT2D eigenvalue weighted by Crippen LogP contribution is 2.22. The number of amides is 1. The van der Waals surface area contributed by atoms with Crippen LogP contribution in [0.3, 0.4) is 0 Å². The molecule has 2 rings (SSSR count). The molecule has 0 saturated carbocycles. The average Bonchev–Trinajstić information content (AvgIpc) is 2.35. The molecule has 0 bridgehead atoms. The first-order valence-corrected chi connectivity index (χ1v) is 6.40. The minimum atomic E-state index is -0.397. The maximum absolute atomic E-state index is 13.3. The van der Waals surface area contributed by atoms with Crippen LogP contribution in [0.4, 0.5) is 10.1 Å². The number of anilines is 1. The fourth-order valence-electron chi connectivity index (χ4n) is 1.35. The van der Waals surface area contributed by atoms with E-state index in [1.165, 1.54) is 30.6 Å². The number of nitrogens with zero attached hydrogens (tertiary/aromatic N) is 1. The smallest absolute Gasteiger partial charge is 0.257 e. The Morgan fingerprint density at radius 2 is 2.17 bits per heavy atom. The van der Waals surface area contributed by atoms with Crippen molar-refractivity contribution in [1.82, 2.24) is 4.98 Å². The highest BCUT2D eigenvalue weighted by atomic mass is 127. The van der Waals surface area contributed by atoms with Crippen molar-refractivity contribution in [2.45, 2.75) is 0 Å². The van der Waals surface area contributed by atoms with Gasteiger partial charge in [0.25, 0.3) is 5.91 Å². The molecule has 0 radical (unpaired) electrons. The van der Waals surface area contributed by atoms with Gasteiger partial charge in [0.1, 0.15) is 5.82 Å². The molecule has 0 aliphatic heterocycles. The van der Waals surface area contributed by atoms with Crippen LogP contribution in [0.1, 0.15) is 10.4 Å². The van der Waals surface area contributed by atoms with Crippen molar-refractivity contribution in [2.24, 2.45) is 0 Å². The van der Waals surface area contributed by atoms with Gasteiger partial charge in [-0.3, -0.25) is 9.78 Å². The van der Waals surface area contributed by atoms with Crippen molar-refractivity contribution in [3.8, 4) is 0 Å². The normalized spacial score (nSPS) is 10.2. The highest BCUT2D eigenvalue weighted by Gasteiger charge is 2.13. The van der Waals surface area contributed by atoms with Gasteiger partial charge in [-0.15, -0.1) is 0 Å². The Morgan fingerprint density at radius 1 is 1.39 bits per heavy atom.